The van der Waals surface area contributed by atoms with E-state index < -0.39 is 85.1 Å². The van der Waals surface area contributed by atoms with Gasteiger partial charge in [0.25, 0.3) is 11.7 Å². The molecular weight excluding hydrogens is 906 g/mol. The maximum absolute atomic E-state index is 14.5. The molecule has 69 heavy (non-hydrogen) atoms. The van der Waals surface area contributed by atoms with E-state index in [1.54, 1.807) is 54.4 Å². The Bertz CT molecular complexity index is 1940. The molecule has 3 aliphatic heterocycles. The zero-order valence-corrected chi connectivity index (χ0v) is 44.3. The van der Waals surface area contributed by atoms with Crippen molar-refractivity contribution in [3.05, 3.63) is 47.6 Å². The van der Waals surface area contributed by atoms with E-state index in [1.165, 1.54) is 12.0 Å². The van der Waals surface area contributed by atoms with Gasteiger partial charge in [-0.3, -0.25) is 23.7 Å². The zero-order chi connectivity index (χ0) is 51.4. The van der Waals surface area contributed by atoms with Gasteiger partial charge in [-0.05, 0) is 107 Å². The summed E-state index contributed by atoms with van der Waals surface area (Å²) in [6.07, 6.45) is 11.4. The van der Waals surface area contributed by atoms with Crippen LogP contribution in [0.4, 0.5) is 0 Å². The molecule has 1 aliphatic carbocycles. The Hall–Kier alpha value is -3.14. The van der Waals surface area contributed by atoms with Crippen LogP contribution in [0.15, 0.2) is 47.6 Å². The summed E-state index contributed by atoms with van der Waals surface area (Å²) in [4.78, 5) is 72.2. The molecule has 2 bridgehead atoms. The first-order valence-corrected chi connectivity index (χ1v) is 27.7. The van der Waals surface area contributed by atoms with Crippen LogP contribution in [0.1, 0.15) is 126 Å². The van der Waals surface area contributed by atoms with Crippen molar-refractivity contribution in [2.45, 2.75) is 180 Å². The lowest BCUT2D eigenvalue weighted by Gasteiger charge is -2.42. The molecule has 2 N–H and O–H groups in total. The fraction of sp³-hybridized carbons (Fsp3) is 0.755. The highest BCUT2D eigenvalue weighted by atomic mass is 31.2. The monoisotopic (exact) mass is 990 g/mol. The summed E-state index contributed by atoms with van der Waals surface area (Å²) in [5, 5.41) is 23.5. The van der Waals surface area contributed by atoms with E-state index in [0.717, 1.165) is 12.0 Å². The van der Waals surface area contributed by atoms with Crippen molar-refractivity contribution in [1.82, 2.24) is 4.90 Å². The molecule has 16 heteroatoms. The molecule has 0 aromatic heterocycles. The van der Waals surface area contributed by atoms with Crippen molar-refractivity contribution in [2.24, 2.45) is 35.5 Å². The summed E-state index contributed by atoms with van der Waals surface area (Å²) < 4.78 is 48.2. The lowest BCUT2D eigenvalue weighted by Crippen LogP contribution is -2.61. The lowest BCUT2D eigenvalue weighted by atomic mass is 9.78. The van der Waals surface area contributed by atoms with Crippen molar-refractivity contribution in [1.29, 1.82) is 0 Å². The predicted molar refractivity (Wildman–Crippen MR) is 263 cm³/mol. The highest BCUT2D eigenvalue weighted by molar-refractivity contribution is 7.57. The first-order valence-electron chi connectivity index (χ1n) is 25.2. The van der Waals surface area contributed by atoms with Crippen LogP contribution >= 0.6 is 7.37 Å². The van der Waals surface area contributed by atoms with Crippen LogP contribution in [0, 0.1) is 35.5 Å². The van der Waals surface area contributed by atoms with E-state index in [2.05, 4.69) is 0 Å². The number of aliphatic hydroxyl groups is 2. The number of Topliss-reactive ketones (excluding diaryl/α,β-unsaturated/α-hetero) is 3. The highest BCUT2D eigenvalue weighted by Gasteiger charge is 2.53. The van der Waals surface area contributed by atoms with Gasteiger partial charge >= 0.3 is 5.97 Å². The highest BCUT2D eigenvalue weighted by Crippen LogP contribution is 2.45. The second-order valence-corrected chi connectivity index (χ2v) is 23.6. The minimum atomic E-state index is -2.79. The molecule has 1 amide bonds. The van der Waals surface area contributed by atoms with Gasteiger partial charge in [0.15, 0.2) is 13.2 Å². The Kier molecular flexibility index (Phi) is 22.5. The van der Waals surface area contributed by atoms with E-state index in [-0.39, 0.29) is 60.9 Å². The first-order chi connectivity index (χ1) is 32.4. The summed E-state index contributed by atoms with van der Waals surface area (Å²) >= 11 is 0. The number of ketones is 3. The van der Waals surface area contributed by atoms with Gasteiger partial charge in [-0.15, -0.1) is 0 Å². The molecule has 15 atom stereocenters. The molecule has 3 heterocycles. The number of fused-ring (bicyclic) bond motifs is 3. The Morgan fingerprint density at radius 2 is 1.57 bits per heavy atom. The maximum Gasteiger partial charge on any atom is 0.329 e. The van der Waals surface area contributed by atoms with Crippen molar-refractivity contribution < 1.29 is 67.0 Å². The van der Waals surface area contributed by atoms with E-state index in [4.69, 9.17) is 28.2 Å². The van der Waals surface area contributed by atoms with Crippen LogP contribution in [0.2, 0.25) is 0 Å². The number of amides is 1. The molecule has 1 unspecified atom stereocenters. The van der Waals surface area contributed by atoms with Gasteiger partial charge < -0.3 is 43.3 Å². The van der Waals surface area contributed by atoms with Crippen LogP contribution in [0.25, 0.3) is 0 Å². The van der Waals surface area contributed by atoms with Crippen molar-refractivity contribution in [2.75, 3.05) is 41.2 Å². The summed E-state index contributed by atoms with van der Waals surface area (Å²) in [6.45, 7) is 15.9. The third-order valence-electron chi connectivity index (χ3n) is 14.8. The topological polar surface area (TPSA) is 201 Å². The third-order valence-corrected chi connectivity index (χ3v) is 15.6. The number of cyclic esters (lactones) is 1. The van der Waals surface area contributed by atoms with Crippen LogP contribution in [0.3, 0.4) is 0 Å². The van der Waals surface area contributed by atoms with Gasteiger partial charge in [-0.25, -0.2) is 4.79 Å². The number of ether oxygens (including phenoxy) is 5. The van der Waals surface area contributed by atoms with Gasteiger partial charge in [0.2, 0.25) is 5.79 Å². The fourth-order valence-electron chi connectivity index (χ4n) is 10.5. The Labute approximate surface area is 411 Å². The van der Waals surface area contributed by atoms with Crippen molar-refractivity contribution in [3.63, 3.8) is 0 Å². The summed E-state index contributed by atoms with van der Waals surface area (Å²) in [6, 6.07) is -1.16. The number of carbonyl (C=O) groups is 5. The standard InChI is InChI=1S/C53H84NO14P/c1-32-18-14-13-15-19-33(2)44(63-8)30-40-23-21-38(7)53(61,67-40)50(58)51(59)54-25-17-16-20-41(54)52(60)66-45(35(4)28-39-22-24-43(46(29-39)64-9)68-69(11,12)62)31-42(55)34(3)27-37(6)48(57)49(65-10)47(56)36(5)26-32/h13-15,18-19,27,32,34-36,38-41,43-46,48-49,57,61H,16-17,20-26,28-31H2,1-12H3/b15-13?,18-14?,33-19+,37-27+/t32-,34-,35-,36-,38-,39-,40+,41+,43-,44+,45+,46-,48-,49?,53-/m1/s1. The molecule has 4 rings (SSSR count). The lowest BCUT2D eigenvalue weighted by molar-refractivity contribution is -0.265. The fourth-order valence-corrected chi connectivity index (χ4v) is 11.4. The largest absolute Gasteiger partial charge is 0.460 e. The number of allylic oxidation sites excluding steroid dienone is 6. The van der Waals surface area contributed by atoms with E-state index in [1.807, 2.05) is 58.1 Å². The molecular formula is C53H84NO14P. The number of piperidine rings is 1. The van der Waals surface area contributed by atoms with Crippen molar-refractivity contribution in [3.8, 4) is 0 Å². The van der Waals surface area contributed by atoms with Gasteiger partial charge in [0.1, 0.15) is 30.1 Å². The Morgan fingerprint density at radius 3 is 2.22 bits per heavy atom. The number of methoxy groups -OCH3 is 3. The average molecular weight is 990 g/mol. The number of hydrogen-bond acceptors (Lipinski definition) is 14. The minimum Gasteiger partial charge on any atom is -0.460 e. The molecule has 390 valence electrons. The quantitative estimate of drug-likeness (QED) is 0.104. The number of rotatable bonds is 8. The molecule has 0 spiro atoms. The van der Waals surface area contributed by atoms with Gasteiger partial charge in [-0.1, -0.05) is 71.1 Å². The van der Waals surface area contributed by atoms with E-state index in [0.29, 0.717) is 63.4 Å². The molecule has 0 radical (unpaired) electrons. The second kappa shape index (κ2) is 26.5. The molecule has 0 aromatic rings. The zero-order valence-electron chi connectivity index (χ0n) is 43.4. The summed E-state index contributed by atoms with van der Waals surface area (Å²) in [5.41, 5.74) is 1.25. The average Bonchev–Trinajstić information content (AvgIpc) is 3.30. The normalized spacial score (nSPS) is 38.1. The molecule has 15 nitrogen and oxygen atoms in total. The molecule has 4 aliphatic rings. The number of hydrogen-bond donors (Lipinski definition) is 2. The van der Waals surface area contributed by atoms with E-state index in [9.17, 15) is 38.8 Å². The molecule has 1 saturated carbocycles. The predicted octanol–water partition coefficient (Wildman–Crippen LogP) is 7.74. The number of esters is 1. The number of carbonyl (C=O) groups excluding carboxylic acids is 5. The smallest absolute Gasteiger partial charge is 0.329 e. The van der Waals surface area contributed by atoms with Crippen molar-refractivity contribution >= 4 is 36.6 Å². The van der Waals surface area contributed by atoms with Gasteiger partial charge in [0, 0.05) is 71.8 Å². The van der Waals surface area contributed by atoms with Crippen LogP contribution in [-0.4, -0.2) is 140 Å². The van der Waals surface area contributed by atoms with Crippen LogP contribution in [0.5, 0.6) is 0 Å². The van der Waals surface area contributed by atoms with Gasteiger partial charge in [0.05, 0.1) is 24.4 Å². The Morgan fingerprint density at radius 1 is 0.855 bits per heavy atom. The number of aliphatic hydroxyl groups excluding tert-OH is 1. The second-order valence-electron chi connectivity index (χ2n) is 20.9. The molecule has 2 saturated heterocycles. The minimum absolute atomic E-state index is 0.0117. The first kappa shape index (κ1) is 58.4. The third kappa shape index (κ3) is 16.2. The van der Waals surface area contributed by atoms with Crippen LogP contribution in [-0.2, 0) is 56.7 Å². The Balaban J connectivity index is 1.70. The maximum atomic E-state index is 14.5. The molecule has 3 fully saturated rings. The molecule has 0 aromatic carbocycles. The van der Waals surface area contributed by atoms with Crippen LogP contribution < -0.4 is 0 Å². The summed E-state index contributed by atoms with van der Waals surface area (Å²) in [7, 11) is 1.76. The number of nitrogens with zero attached hydrogens (tertiary/aromatic N) is 1. The SMILES string of the molecule is COC1C(=O)[C@H](C)C[C@H](C)C=CC=C/C=C(\C)[C@@H](OC)C[C@@H]2CC[C@@H](C)[C@@](O)(O2)C(=O)C(=O)N2CCCC[C@H]2C(=O)O[C@H]([C@H](C)C[C@H]2CC[C@@H](OP(C)(C)=O)[C@H](OC)C2)CC(=O)[C@H](C)/C=C(\C)[C@H]1O. The van der Waals surface area contributed by atoms with E-state index >= 15 is 0 Å². The summed E-state index contributed by atoms with van der Waals surface area (Å²) in [5.74, 6) is -8.11. The van der Waals surface area contributed by atoms with Gasteiger partial charge in [-0.2, -0.15) is 0 Å².